The lowest BCUT2D eigenvalue weighted by molar-refractivity contribution is -0.133. The van der Waals surface area contributed by atoms with Gasteiger partial charge in [-0.2, -0.15) is 0 Å². The van der Waals surface area contributed by atoms with Crippen molar-refractivity contribution < 1.29 is 14.6 Å². The fourth-order valence-electron chi connectivity index (χ4n) is 2.64. The quantitative estimate of drug-likeness (QED) is 0.771. The molecular formula is C17H25ClN2O3. The average Bonchev–Trinajstić information content (AvgIpc) is 2.55. The van der Waals surface area contributed by atoms with Crippen LogP contribution in [-0.4, -0.2) is 66.8 Å². The van der Waals surface area contributed by atoms with Crippen molar-refractivity contribution in [3.8, 4) is 5.75 Å². The molecule has 1 fully saturated rings. The van der Waals surface area contributed by atoms with Crippen LogP contribution >= 0.6 is 11.6 Å². The van der Waals surface area contributed by atoms with E-state index in [0.29, 0.717) is 26.0 Å². The Bertz CT molecular complexity index is 517. The fourth-order valence-corrected chi connectivity index (χ4v) is 2.76. The van der Waals surface area contributed by atoms with Gasteiger partial charge in [-0.15, -0.1) is 0 Å². The Balaban J connectivity index is 1.64. The van der Waals surface area contributed by atoms with E-state index in [4.69, 9.17) is 21.4 Å². The highest BCUT2D eigenvalue weighted by Gasteiger charge is 2.20. The minimum atomic E-state index is 0.176. The van der Waals surface area contributed by atoms with Crippen LogP contribution in [-0.2, 0) is 4.79 Å². The number of β-amino-alcohol motifs (C(OH)–C–C–N with tert-alkyl or cyclic N) is 1. The smallest absolute Gasteiger partial charge is 0.222 e. The van der Waals surface area contributed by atoms with Crippen LogP contribution in [0, 0.1) is 6.92 Å². The highest BCUT2D eigenvalue weighted by atomic mass is 35.5. The van der Waals surface area contributed by atoms with Gasteiger partial charge in [0.25, 0.3) is 0 Å². The first-order valence-electron chi connectivity index (χ1n) is 8.10. The van der Waals surface area contributed by atoms with Crippen LogP contribution in [0.1, 0.15) is 18.4 Å². The largest absolute Gasteiger partial charge is 0.494 e. The third-order valence-electron chi connectivity index (χ3n) is 4.07. The highest BCUT2D eigenvalue weighted by Crippen LogP contribution is 2.21. The molecule has 1 amide bonds. The zero-order valence-electron chi connectivity index (χ0n) is 13.6. The molecule has 23 heavy (non-hydrogen) atoms. The molecule has 1 heterocycles. The number of aliphatic hydroxyl groups is 1. The van der Waals surface area contributed by atoms with E-state index in [2.05, 4.69) is 4.90 Å². The molecule has 6 heteroatoms. The molecule has 5 nitrogen and oxygen atoms in total. The summed E-state index contributed by atoms with van der Waals surface area (Å²) >= 11 is 5.98. The molecule has 1 N–H and O–H groups in total. The Hall–Kier alpha value is -1.30. The van der Waals surface area contributed by atoms with Crippen LogP contribution in [0.4, 0.5) is 0 Å². The monoisotopic (exact) mass is 340 g/mol. The number of benzene rings is 1. The van der Waals surface area contributed by atoms with Crippen molar-refractivity contribution in [1.29, 1.82) is 0 Å². The van der Waals surface area contributed by atoms with Crippen molar-refractivity contribution in [3.05, 3.63) is 28.8 Å². The molecule has 128 valence electrons. The number of halogens is 1. The van der Waals surface area contributed by atoms with E-state index in [0.717, 1.165) is 42.5 Å². The number of ether oxygens (including phenoxy) is 1. The normalized spacial score (nSPS) is 15.7. The minimum absolute atomic E-state index is 0.176. The van der Waals surface area contributed by atoms with Crippen LogP contribution in [0.5, 0.6) is 5.75 Å². The molecule has 1 aromatic rings. The van der Waals surface area contributed by atoms with Gasteiger partial charge in [0.2, 0.25) is 5.91 Å². The lowest BCUT2D eigenvalue weighted by Gasteiger charge is -2.34. The topological polar surface area (TPSA) is 53.0 Å². The second kappa shape index (κ2) is 9.11. The van der Waals surface area contributed by atoms with Gasteiger partial charge in [-0.3, -0.25) is 9.69 Å². The van der Waals surface area contributed by atoms with Gasteiger partial charge in [-0.05, 0) is 37.1 Å². The summed E-state index contributed by atoms with van der Waals surface area (Å²) in [6.45, 7) is 6.50. The lowest BCUT2D eigenvalue weighted by atomic mass is 10.2. The molecule has 2 rings (SSSR count). The van der Waals surface area contributed by atoms with Crippen molar-refractivity contribution in [2.24, 2.45) is 0 Å². The molecule has 0 aromatic heterocycles. The van der Waals surface area contributed by atoms with E-state index in [1.807, 2.05) is 30.0 Å². The molecule has 1 aromatic carbocycles. The first-order chi connectivity index (χ1) is 11.1. The number of nitrogens with zero attached hydrogens (tertiary/aromatic N) is 2. The standard InChI is InChI=1S/C17H25ClN2O3/c1-14-13-15(4-5-16(14)18)23-12-2-3-17(22)20-8-6-19(7-9-20)10-11-21/h4-5,13,21H,2-3,6-12H2,1H3. The number of hydrogen-bond donors (Lipinski definition) is 1. The lowest BCUT2D eigenvalue weighted by Crippen LogP contribution is -2.49. The van der Waals surface area contributed by atoms with Gasteiger partial charge in [-0.1, -0.05) is 11.6 Å². The highest BCUT2D eigenvalue weighted by molar-refractivity contribution is 6.31. The molecule has 0 radical (unpaired) electrons. The Morgan fingerprint density at radius 3 is 2.70 bits per heavy atom. The second-order valence-corrected chi connectivity index (χ2v) is 6.22. The molecule has 1 aliphatic rings. The number of rotatable bonds is 7. The molecule has 0 aliphatic carbocycles. The van der Waals surface area contributed by atoms with Gasteiger partial charge in [0.05, 0.1) is 13.2 Å². The van der Waals surface area contributed by atoms with E-state index in [1.54, 1.807) is 0 Å². The van der Waals surface area contributed by atoms with Gasteiger partial charge in [0.1, 0.15) is 5.75 Å². The van der Waals surface area contributed by atoms with E-state index >= 15 is 0 Å². The number of hydrogen-bond acceptors (Lipinski definition) is 4. The van der Waals surface area contributed by atoms with E-state index in [-0.39, 0.29) is 12.5 Å². The SMILES string of the molecule is Cc1cc(OCCCC(=O)N2CCN(CCO)CC2)ccc1Cl. The minimum Gasteiger partial charge on any atom is -0.494 e. The number of carbonyl (C=O) groups is 1. The summed E-state index contributed by atoms with van der Waals surface area (Å²) in [6.07, 6.45) is 1.21. The summed E-state index contributed by atoms with van der Waals surface area (Å²) < 4.78 is 5.66. The Kier molecular flexibility index (Phi) is 7.15. The van der Waals surface area contributed by atoms with E-state index < -0.39 is 0 Å². The van der Waals surface area contributed by atoms with Gasteiger partial charge in [0, 0.05) is 44.2 Å². The van der Waals surface area contributed by atoms with Crippen LogP contribution < -0.4 is 4.74 Å². The number of aliphatic hydroxyl groups excluding tert-OH is 1. The van der Waals surface area contributed by atoms with Crippen molar-refractivity contribution in [2.45, 2.75) is 19.8 Å². The molecule has 0 unspecified atom stereocenters. The van der Waals surface area contributed by atoms with Crippen molar-refractivity contribution in [1.82, 2.24) is 9.80 Å². The summed E-state index contributed by atoms with van der Waals surface area (Å²) in [4.78, 5) is 16.2. The maximum absolute atomic E-state index is 12.2. The molecular weight excluding hydrogens is 316 g/mol. The van der Waals surface area contributed by atoms with E-state index in [9.17, 15) is 4.79 Å². The second-order valence-electron chi connectivity index (χ2n) is 5.81. The first kappa shape index (κ1) is 18.0. The Labute approximate surface area is 142 Å². The average molecular weight is 341 g/mol. The zero-order valence-corrected chi connectivity index (χ0v) is 14.4. The van der Waals surface area contributed by atoms with Crippen LogP contribution in [0.3, 0.4) is 0 Å². The summed E-state index contributed by atoms with van der Waals surface area (Å²) in [5.41, 5.74) is 0.987. The predicted molar refractivity (Wildman–Crippen MR) is 91.0 cm³/mol. The molecule has 1 aliphatic heterocycles. The van der Waals surface area contributed by atoms with Gasteiger partial charge in [-0.25, -0.2) is 0 Å². The van der Waals surface area contributed by atoms with Gasteiger partial charge < -0.3 is 14.7 Å². The molecule has 0 spiro atoms. The van der Waals surface area contributed by atoms with Crippen molar-refractivity contribution in [3.63, 3.8) is 0 Å². The number of piperazine rings is 1. The third-order valence-corrected chi connectivity index (χ3v) is 4.50. The van der Waals surface area contributed by atoms with Gasteiger partial charge >= 0.3 is 0 Å². The van der Waals surface area contributed by atoms with Crippen LogP contribution in [0.2, 0.25) is 5.02 Å². The number of carbonyl (C=O) groups excluding carboxylic acids is 1. The molecule has 0 bridgehead atoms. The summed E-state index contributed by atoms with van der Waals surface area (Å²) in [5.74, 6) is 0.974. The Morgan fingerprint density at radius 2 is 2.04 bits per heavy atom. The maximum atomic E-state index is 12.2. The van der Waals surface area contributed by atoms with E-state index in [1.165, 1.54) is 0 Å². The van der Waals surface area contributed by atoms with Crippen LogP contribution in [0.15, 0.2) is 18.2 Å². The third kappa shape index (κ3) is 5.68. The first-order valence-corrected chi connectivity index (χ1v) is 8.48. The Morgan fingerprint density at radius 1 is 1.30 bits per heavy atom. The van der Waals surface area contributed by atoms with Crippen molar-refractivity contribution >= 4 is 17.5 Å². The number of amides is 1. The number of aryl methyl sites for hydroxylation is 1. The summed E-state index contributed by atoms with van der Waals surface area (Å²) in [5, 5.41) is 9.65. The molecule has 0 saturated carbocycles. The summed E-state index contributed by atoms with van der Waals surface area (Å²) in [7, 11) is 0. The molecule has 0 atom stereocenters. The van der Waals surface area contributed by atoms with Gasteiger partial charge in [0.15, 0.2) is 0 Å². The summed E-state index contributed by atoms with van der Waals surface area (Å²) in [6, 6.07) is 5.57. The van der Waals surface area contributed by atoms with Crippen molar-refractivity contribution in [2.75, 3.05) is 45.9 Å². The van der Waals surface area contributed by atoms with Crippen LogP contribution in [0.25, 0.3) is 0 Å². The fraction of sp³-hybridized carbons (Fsp3) is 0.588. The predicted octanol–water partition coefficient (Wildman–Crippen LogP) is 1.94. The zero-order chi connectivity index (χ0) is 16.7. The maximum Gasteiger partial charge on any atom is 0.222 e. The molecule has 1 saturated heterocycles.